The summed E-state index contributed by atoms with van der Waals surface area (Å²) in [6.07, 6.45) is 1.84. The van der Waals surface area contributed by atoms with Crippen LogP contribution in [0.1, 0.15) is 25.5 Å². The Balaban J connectivity index is 2.76. The highest BCUT2D eigenvalue weighted by molar-refractivity contribution is 5.53. The van der Waals surface area contributed by atoms with E-state index in [9.17, 15) is 0 Å². The third kappa shape index (κ3) is 2.19. The summed E-state index contributed by atoms with van der Waals surface area (Å²) in [4.78, 5) is 4.27. The predicted molar refractivity (Wildman–Crippen MR) is 49.0 cm³/mol. The molecule has 1 heteroatoms. The number of aliphatic imine (C=N–C) groups is 1. The summed E-state index contributed by atoms with van der Waals surface area (Å²) < 4.78 is 0. The standard InChI is InChI=1S/C10H13N/c1-3-11-9(2)10-7-5-4-6-8-10/h3-9H,1-2H3/t9-/m1/s1. The monoisotopic (exact) mass is 147 g/mol. The molecular weight excluding hydrogens is 134 g/mol. The molecule has 0 aliphatic rings. The molecule has 11 heavy (non-hydrogen) atoms. The maximum absolute atomic E-state index is 4.27. The van der Waals surface area contributed by atoms with Crippen molar-refractivity contribution in [3.63, 3.8) is 0 Å². The zero-order valence-electron chi connectivity index (χ0n) is 6.99. The molecule has 0 aliphatic carbocycles. The average molecular weight is 147 g/mol. The molecule has 0 fully saturated rings. The van der Waals surface area contributed by atoms with E-state index in [2.05, 4.69) is 24.0 Å². The molecule has 0 aromatic heterocycles. The number of hydrogen-bond donors (Lipinski definition) is 0. The van der Waals surface area contributed by atoms with Gasteiger partial charge in [0.05, 0.1) is 6.04 Å². The maximum Gasteiger partial charge on any atom is 0.0716 e. The van der Waals surface area contributed by atoms with E-state index in [0.29, 0.717) is 6.04 Å². The Morgan fingerprint density at radius 2 is 1.91 bits per heavy atom. The van der Waals surface area contributed by atoms with Crippen LogP contribution in [-0.4, -0.2) is 6.21 Å². The second kappa shape index (κ2) is 3.91. The van der Waals surface area contributed by atoms with E-state index >= 15 is 0 Å². The lowest BCUT2D eigenvalue weighted by molar-refractivity contribution is 0.824. The first kappa shape index (κ1) is 7.99. The van der Waals surface area contributed by atoms with Crippen LogP contribution in [0, 0.1) is 0 Å². The van der Waals surface area contributed by atoms with Crippen LogP contribution < -0.4 is 0 Å². The molecule has 0 bridgehead atoms. The van der Waals surface area contributed by atoms with Gasteiger partial charge in [-0.1, -0.05) is 30.3 Å². The normalized spacial score (nSPS) is 13.6. The van der Waals surface area contributed by atoms with Crippen molar-refractivity contribution >= 4 is 6.21 Å². The van der Waals surface area contributed by atoms with Gasteiger partial charge in [0.15, 0.2) is 0 Å². The van der Waals surface area contributed by atoms with Gasteiger partial charge in [0.25, 0.3) is 0 Å². The Hall–Kier alpha value is -1.11. The van der Waals surface area contributed by atoms with Crippen molar-refractivity contribution in [3.8, 4) is 0 Å². The van der Waals surface area contributed by atoms with Gasteiger partial charge in [-0.2, -0.15) is 0 Å². The van der Waals surface area contributed by atoms with Gasteiger partial charge >= 0.3 is 0 Å². The fourth-order valence-corrected chi connectivity index (χ4v) is 1.04. The fourth-order valence-electron chi connectivity index (χ4n) is 1.04. The van der Waals surface area contributed by atoms with Crippen molar-refractivity contribution in [2.75, 3.05) is 0 Å². The zero-order valence-corrected chi connectivity index (χ0v) is 6.99. The molecule has 0 amide bonds. The first-order valence-corrected chi connectivity index (χ1v) is 3.87. The van der Waals surface area contributed by atoms with Gasteiger partial charge in [0, 0.05) is 0 Å². The second-order valence-corrected chi connectivity index (χ2v) is 2.49. The van der Waals surface area contributed by atoms with Gasteiger partial charge in [0.1, 0.15) is 0 Å². The van der Waals surface area contributed by atoms with Crippen LogP contribution in [0.3, 0.4) is 0 Å². The van der Waals surface area contributed by atoms with E-state index in [-0.39, 0.29) is 0 Å². The van der Waals surface area contributed by atoms with Crippen LogP contribution >= 0.6 is 0 Å². The SMILES string of the molecule is CC=N[C@H](C)c1ccccc1. The average Bonchev–Trinajstić information content (AvgIpc) is 2.07. The van der Waals surface area contributed by atoms with Gasteiger partial charge in [-0.15, -0.1) is 0 Å². The Bertz CT molecular complexity index is 226. The third-order valence-electron chi connectivity index (χ3n) is 1.65. The van der Waals surface area contributed by atoms with Crippen LogP contribution in [0.2, 0.25) is 0 Å². The lowest BCUT2D eigenvalue weighted by Gasteiger charge is -2.04. The first-order valence-electron chi connectivity index (χ1n) is 3.87. The van der Waals surface area contributed by atoms with Crippen molar-refractivity contribution in [1.29, 1.82) is 0 Å². The van der Waals surface area contributed by atoms with Gasteiger partial charge in [-0.05, 0) is 25.6 Å². The Morgan fingerprint density at radius 3 is 2.45 bits per heavy atom. The van der Waals surface area contributed by atoms with E-state index in [4.69, 9.17) is 0 Å². The molecule has 1 nitrogen and oxygen atoms in total. The summed E-state index contributed by atoms with van der Waals surface area (Å²) in [7, 11) is 0. The number of nitrogens with zero attached hydrogens (tertiary/aromatic N) is 1. The molecule has 0 unspecified atom stereocenters. The maximum atomic E-state index is 4.27. The summed E-state index contributed by atoms with van der Waals surface area (Å²) in [5.74, 6) is 0. The number of rotatable bonds is 2. The second-order valence-electron chi connectivity index (χ2n) is 2.49. The van der Waals surface area contributed by atoms with Crippen LogP contribution in [0.25, 0.3) is 0 Å². The minimum absolute atomic E-state index is 0.293. The number of hydrogen-bond acceptors (Lipinski definition) is 1. The van der Waals surface area contributed by atoms with E-state index in [1.807, 2.05) is 31.3 Å². The predicted octanol–water partition coefficient (Wildman–Crippen LogP) is 2.84. The fraction of sp³-hybridized carbons (Fsp3) is 0.300. The van der Waals surface area contributed by atoms with Crippen molar-refractivity contribution < 1.29 is 0 Å². The summed E-state index contributed by atoms with van der Waals surface area (Å²) in [5.41, 5.74) is 1.27. The molecule has 1 aromatic carbocycles. The van der Waals surface area contributed by atoms with Gasteiger partial charge in [-0.3, -0.25) is 4.99 Å². The zero-order chi connectivity index (χ0) is 8.10. The Labute approximate surface area is 67.8 Å². The van der Waals surface area contributed by atoms with Crippen LogP contribution in [0.4, 0.5) is 0 Å². The highest BCUT2D eigenvalue weighted by atomic mass is 14.7. The van der Waals surface area contributed by atoms with Crippen LogP contribution in [0.5, 0.6) is 0 Å². The summed E-state index contributed by atoms with van der Waals surface area (Å²) in [6.45, 7) is 4.04. The minimum Gasteiger partial charge on any atom is -0.290 e. The lowest BCUT2D eigenvalue weighted by atomic mass is 10.1. The molecule has 0 heterocycles. The van der Waals surface area contributed by atoms with Crippen LogP contribution in [-0.2, 0) is 0 Å². The first-order chi connectivity index (χ1) is 5.34. The molecular formula is C10H13N. The van der Waals surface area contributed by atoms with Gasteiger partial charge in [0.2, 0.25) is 0 Å². The topological polar surface area (TPSA) is 12.4 Å². The molecule has 0 saturated heterocycles. The molecule has 0 spiro atoms. The molecule has 1 aromatic rings. The molecule has 1 rings (SSSR count). The van der Waals surface area contributed by atoms with E-state index in [1.54, 1.807) is 0 Å². The molecule has 0 aliphatic heterocycles. The summed E-state index contributed by atoms with van der Waals surface area (Å²) in [6, 6.07) is 10.6. The van der Waals surface area contributed by atoms with Gasteiger partial charge in [-0.25, -0.2) is 0 Å². The van der Waals surface area contributed by atoms with Crippen molar-refractivity contribution in [3.05, 3.63) is 35.9 Å². The van der Waals surface area contributed by atoms with Crippen molar-refractivity contribution in [1.82, 2.24) is 0 Å². The molecule has 0 saturated carbocycles. The van der Waals surface area contributed by atoms with Crippen LogP contribution in [0.15, 0.2) is 35.3 Å². The van der Waals surface area contributed by atoms with E-state index in [0.717, 1.165) is 0 Å². The molecule has 58 valence electrons. The van der Waals surface area contributed by atoms with E-state index < -0.39 is 0 Å². The summed E-state index contributed by atoms with van der Waals surface area (Å²) in [5, 5.41) is 0. The largest absolute Gasteiger partial charge is 0.290 e. The highest BCUT2D eigenvalue weighted by Crippen LogP contribution is 2.14. The quantitative estimate of drug-likeness (QED) is 0.570. The molecule has 0 radical (unpaired) electrons. The minimum atomic E-state index is 0.293. The van der Waals surface area contributed by atoms with Gasteiger partial charge < -0.3 is 0 Å². The Kier molecular flexibility index (Phi) is 2.84. The summed E-state index contributed by atoms with van der Waals surface area (Å²) >= 11 is 0. The Morgan fingerprint density at radius 1 is 1.27 bits per heavy atom. The van der Waals surface area contributed by atoms with E-state index in [1.165, 1.54) is 5.56 Å². The van der Waals surface area contributed by atoms with Crippen molar-refractivity contribution in [2.45, 2.75) is 19.9 Å². The third-order valence-corrected chi connectivity index (χ3v) is 1.65. The molecule has 1 atom stereocenters. The highest BCUT2D eigenvalue weighted by Gasteiger charge is 1.98. The van der Waals surface area contributed by atoms with Crippen molar-refractivity contribution in [2.24, 2.45) is 4.99 Å². The lowest BCUT2D eigenvalue weighted by Crippen LogP contribution is -1.87. The smallest absolute Gasteiger partial charge is 0.0716 e. The number of benzene rings is 1. The molecule has 0 N–H and O–H groups in total.